The number of piperidine rings is 1. The third-order valence-corrected chi connectivity index (χ3v) is 5.15. The highest BCUT2D eigenvalue weighted by molar-refractivity contribution is 5.82. The van der Waals surface area contributed by atoms with Gasteiger partial charge >= 0.3 is 0 Å². The Bertz CT molecular complexity index is 318. The fraction of sp³-hybridized carbons (Fsp3) is 0.929. The van der Waals surface area contributed by atoms with E-state index in [9.17, 15) is 9.90 Å². The Balaban J connectivity index is 1.48. The molecule has 1 saturated heterocycles. The molecule has 3 fully saturated rings. The molecule has 0 bridgehead atoms. The Morgan fingerprint density at radius 3 is 2.50 bits per heavy atom. The van der Waals surface area contributed by atoms with Gasteiger partial charge < -0.3 is 15.7 Å². The van der Waals surface area contributed by atoms with Crippen molar-refractivity contribution in [3.8, 4) is 0 Å². The van der Waals surface area contributed by atoms with Crippen LogP contribution in [0.5, 0.6) is 0 Å². The van der Waals surface area contributed by atoms with Crippen molar-refractivity contribution in [3.05, 3.63) is 0 Å². The van der Waals surface area contributed by atoms with Crippen molar-refractivity contribution >= 4 is 5.91 Å². The van der Waals surface area contributed by atoms with Gasteiger partial charge in [0.05, 0.1) is 6.10 Å². The van der Waals surface area contributed by atoms with Gasteiger partial charge in [0.2, 0.25) is 5.91 Å². The number of aliphatic hydroxyl groups excluding tert-OH is 1. The molecule has 102 valence electrons. The normalized spacial score (nSPS) is 38.4. The molecule has 2 aliphatic carbocycles. The van der Waals surface area contributed by atoms with Gasteiger partial charge in [-0.3, -0.25) is 4.79 Å². The van der Waals surface area contributed by atoms with Crippen LogP contribution in [-0.4, -0.2) is 36.2 Å². The van der Waals surface area contributed by atoms with E-state index in [0.29, 0.717) is 11.5 Å². The summed E-state index contributed by atoms with van der Waals surface area (Å²) in [5.74, 6) is 0.546. The molecule has 4 heteroatoms. The lowest BCUT2D eigenvalue weighted by Gasteiger charge is -2.27. The number of hydrogen-bond acceptors (Lipinski definition) is 3. The predicted molar refractivity (Wildman–Crippen MR) is 69.0 cm³/mol. The van der Waals surface area contributed by atoms with Crippen molar-refractivity contribution in [2.24, 2.45) is 11.3 Å². The summed E-state index contributed by atoms with van der Waals surface area (Å²) in [7, 11) is 0. The Morgan fingerprint density at radius 1 is 1.17 bits per heavy atom. The molecule has 0 aromatic carbocycles. The van der Waals surface area contributed by atoms with E-state index in [0.717, 1.165) is 58.0 Å². The van der Waals surface area contributed by atoms with E-state index in [1.165, 1.54) is 0 Å². The van der Waals surface area contributed by atoms with Gasteiger partial charge in [-0.25, -0.2) is 0 Å². The maximum Gasteiger partial charge on any atom is 0.223 e. The van der Waals surface area contributed by atoms with E-state index in [2.05, 4.69) is 10.6 Å². The first-order valence-corrected chi connectivity index (χ1v) is 7.39. The molecule has 3 aliphatic rings. The molecule has 4 nitrogen and oxygen atoms in total. The van der Waals surface area contributed by atoms with Crippen LogP contribution in [0, 0.1) is 11.3 Å². The maximum atomic E-state index is 12.2. The van der Waals surface area contributed by atoms with Gasteiger partial charge in [0.25, 0.3) is 0 Å². The zero-order valence-electron chi connectivity index (χ0n) is 11.0. The third kappa shape index (κ3) is 2.41. The molecule has 0 aromatic heterocycles. The molecule has 18 heavy (non-hydrogen) atoms. The number of carbonyl (C=O) groups excluding carboxylic acids is 1. The molecule has 1 heterocycles. The van der Waals surface area contributed by atoms with Gasteiger partial charge in [0, 0.05) is 12.0 Å². The molecule has 3 rings (SSSR count). The fourth-order valence-corrected chi connectivity index (χ4v) is 3.72. The second kappa shape index (κ2) is 4.82. The van der Waals surface area contributed by atoms with Crippen LogP contribution in [0.2, 0.25) is 0 Å². The smallest absolute Gasteiger partial charge is 0.223 e. The van der Waals surface area contributed by atoms with Crippen molar-refractivity contribution in [1.82, 2.24) is 10.6 Å². The van der Waals surface area contributed by atoms with Crippen LogP contribution in [0.1, 0.15) is 44.9 Å². The van der Waals surface area contributed by atoms with Crippen LogP contribution in [0.3, 0.4) is 0 Å². The Labute approximate surface area is 109 Å². The average molecular weight is 252 g/mol. The molecular formula is C14H24N2O2. The number of nitrogens with one attached hydrogen (secondary N) is 2. The highest BCUT2D eigenvalue weighted by atomic mass is 16.3. The summed E-state index contributed by atoms with van der Waals surface area (Å²) in [4.78, 5) is 12.2. The minimum absolute atomic E-state index is 0.144. The van der Waals surface area contributed by atoms with E-state index in [4.69, 9.17) is 0 Å². The molecule has 1 aliphatic heterocycles. The molecule has 0 aromatic rings. The first-order chi connectivity index (χ1) is 8.70. The lowest BCUT2D eigenvalue weighted by molar-refractivity contribution is -0.124. The van der Waals surface area contributed by atoms with Crippen LogP contribution >= 0.6 is 0 Å². The molecule has 0 unspecified atom stereocenters. The quantitative estimate of drug-likeness (QED) is 0.681. The highest BCUT2D eigenvalue weighted by Crippen LogP contribution is 2.58. The summed E-state index contributed by atoms with van der Waals surface area (Å²) in [5, 5.41) is 16.0. The number of carbonyl (C=O) groups is 1. The molecule has 1 amide bonds. The third-order valence-electron chi connectivity index (χ3n) is 5.15. The summed E-state index contributed by atoms with van der Waals surface area (Å²) < 4.78 is 0. The van der Waals surface area contributed by atoms with Crippen molar-refractivity contribution in [3.63, 3.8) is 0 Å². The minimum atomic E-state index is -0.144. The van der Waals surface area contributed by atoms with Gasteiger partial charge in [-0.15, -0.1) is 0 Å². The van der Waals surface area contributed by atoms with Gasteiger partial charge in [0.1, 0.15) is 0 Å². The van der Waals surface area contributed by atoms with Gasteiger partial charge in [0.15, 0.2) is 0 Å². The van der Waals surface area contributed by atoms with E-state index in [-0.39, 0.29) is 17.9 Å². The topological polar surface area (TPSA) is 61.4 Å². The zero-order valence-corrected chi connectivity index (χ0v) is 11.0. The molecular weight excluding hydrogens is 228 g/mol. The van der Waals surface area contributed by atoms with Crippen LogP contribution < -0.4 is 10.6 Å². The van der Waals surface area contributed by atoms with E-state index >= 15 is 0 Å². The van der Waals surface area contributed by atoms with Crippen LogP contribution in [0.4, 0.5) is 0 Å². The lowest BCUT2D eigenvalue weighted by atomic mass is 9.90. The van der Waals surface area contributed by atoms with Crippen LogP contribution in [-0.2, 0) is 4.79 Å². The van der Waals surface area contributed by atoms with Crippen LogP contribution in [0.25, 0.3) is 0 Å². The maximum absolute atomic E-state index is 12.2. The van der Waals surface area contributed by atoms with E-state index < -0.39 is 0 Å². The number of amides is 1. The molecule has 2 saturated carbocycles. The summed E-state index contributed by atoms with van der Waals surface area (Å²) >= 11 is 0. The van der Waals surface area contributed by atoms with E-state index in [1.54, 1.807) is 0 Å². The average Bonchev–Trinajstić information content (AvgIpc) is 3.07. The summed E-state index contributed by atoms with van der Waals surface area (Å²) in [6.45, 7) is 2.14. The summed E-state index contributed by atoms with van der Waals surface area (Å²) in [6.07, 6.45) is 6.83. The lowest BCUT2D eigenvalue weighted by Crippen LogP contribution is -2.41. The molecule has 1 atom stereocenters. The Hall–Kier alpha value is -0.610. The molecule has 1 spiro atoms. The van der Waals surface area contributed by atoms with Crippen LogP contribution in [0.15, 0.2) is 0 Å². The van der Waals surface area contributed by atoms with Crippen molar-refractivity contribution in [1.29, 1.82) is 0 Å². The monoisotopic (exact) mass is 252 g/mol. The second-order valence-corrected chi connectivity index (χ2v) is 6.38. The largest absolute Gasteiger partial charge is 0.393 e. The number of aliphatic hydroxyl groups is 1. The van der Waals surface area contributed by atoms with Gasteiger partial charge in [-0.1, -0.05) is 0 Å². The van der Waals surface area contributed by atoms with E-state index in [1.807, 2.05) is 0 Å². The predicted octanol–water partition coefficient (Wildman–Crippen LogP) is 0.796. The fourth-order valence-electron chi connectivity index (χ4n) is 3.72. The van der Waals surface area contributed by atoms with Gasteiger partial charge in [-0.2, -0.15) is 0 Å². The van der Waals surface area contributed by atoms with Crippen molar-refractivity contribution in [2.75, 3.05) is 13.1 Å². The number of rotatable bonds is 2. The molecule has 3 N–H and O–H groups in total. The molecule has 0 radical (unpaired) electrons. The SMILES string of the molecule is O=C(NC1CCC(O)CC1)[C@@H]1CC12CCNCC2. The number of hydrogen-bond donors (Lipinski definition) is 3. The zero-order chi connectivity index (χ0) is 12.6. The van der Waals surface area contributed by atoms with Gasteiger partial charge in [-0.05, 0) is 63.5 Å². The van der Waals surface area contributed by atoms with Crippen molar-refractivity contribution in [2.45, 2.75) is 57.1 Å². The Kier molecular flexibility index (Phi) is 3.32. The first-order valence-electron chi connectivity index (χ1n) is 7.39. The standard InChI is InChI=1S/C14H24N2O2/c17-11-3-1-10(2-4-11)16-13(18)12-9-14(12)5-7-15-8-6-14/h10-12,15,17H,1-9H2,(H,16,18)/t10?,11?,12-/m0/s1. The summed E-state index contributed by atoms with van der Waals surface area (Å²) in [6, 6.07) is 0.306. The first kappa shape index (κ1) is 12.4. The summed E-state index contributed by atoms with van der Waals surface area (Å²) in [5.41, 5.74) is 0.337. The second-order valence-electron chi connectivity index (χ2n) is 6.38. The highest BCUT2D eigenvalue weighted by Gasteiger charge is 2.57. The van der Waals surface area contributed by atoms with Crippen molar-refractivity contribution < 1.29 is 9.90 Å². The Morgan fingerprint density at radius 2 is 1.83 bits per heavy atom. The minimum Gasteiger partial charge on any atom is -0.393 e.